The third-order valence-electron chi connectivity index (χ3n) is 2.01. The van der Waals surface area contributed by atoms with Crippen LogP contribution in [-0.2, 0) is 0 Å². The minimum absolute atomic E-state index is 0.506. The zero-order valence-electron chi connectivity index (χ0n) is 8.34. The molecule has 0 radical (unpaired) electrons. The lowest BCUT2D eigenvalue weighted by Crippen LogP contribution is -2.27. The van der Waals surface area contributed by atoms with E-state index in [1.165, 1.54) is 0 Å². The van der Waals surface area contributed by atoms with Gasteiger partial charge in [-0.2, -0.15) is 11.8 Å². The van der Waals surface area contributed by atoms with Crippen LogP contribution in [0.2, 0.25) is 0 Å². The molecule has 0 bridgehead atoms. The Bertz CT molecular complexity index is 117. The molecule has 3 N–H and O–H groups in total. The number of nitrogens with two attached hydrogens (primary N) is 1. The lowest BCUT2D eigenvalue weighted by atomic mass is 10.1. The van der Waals surface area contributed by atoms with Crippen molar-refractivity contribution in [3.63, 3.8) is 0 Å². The largest absolute Gasteiger partial charge is 0.389 e. The standard InChI is InChI=1S/C9H21NOS/c1-4-9(3,11)7-12-8(2)5-6-10/h8,11H,4-7,10H2,1-3H3. The molecule has 0 aliphatic heterocycles. The third kappa shape index (κ3) is 5.86. The zero-order valence-corrected chi connectivity index (χ0v) is 9.16. The molecule has 74 valence electrons. The average Bonchev–Trinajstić information content (AvgIpc) is 2.02. The fraction of sp³-hybridized carbons (Fsp3) is 1.00. The van der Waals surface area contributed by atoms with Crippen molar-refractivity contribution < 1.29 is 5.11 Å². The maximum Gasteiger partial charge on any atom is 0.0707 e. The van der Waals surface area contributed by atoms with Gasteiger partial charge in [0.05, 0.1) is 5.60 Å². The summed E-state index contributed by atoms with van der Waals surface area (Å²) >= 11 is 1.80. The van der Waals surface area contributed by atoms with E-state index in [-0.39, 0.29) is 0 Å². The third-order valence-corrected chi connectivity index (χ3v) is 3.61. The highest BCUT2D eigenvalue weighted by atomic mass is 32.2. The van der Waals surface area contributed by atoms with Crippen molar-refractivity contribution in [1.82, 2.24) is 0 Å². The van der Waals surface area contributed by atoms with Crippen LogP contribution < -0.4 is 5.73 Å². The highest BCUT2D eigenvalue weighted by molar-refractivity contribution is 7.99. The van der Waals surface area contributed by atoms with Crippen LogP contribution in [0, 0.1) is 0 Å². The van der Waals surface area contributed by atoms with Crippen molar-refractivity contribution in [3.8, 4) is 0 Å². The Labute approximate surface area is 79.9 Å². The van der Waals surface area contributed by atoms with Gasteiger partial charge in [0.15, 0.2) is 0 Å². The van der Waals surface area contributed by atoms with Crippen molar-refractivity contribution in [2.75, 3.05) is 12.3 Å². The molecule has 12 heavy (non-hydrogen) atoms. The van der Waals surface area contributed by atoms with Crippen LogP contribution in [0.15, 0.2) is 0 Å². The van der Waals surface area contributed by atoms with Crippen molar-refractivity contribution in [3.05, 3.63) is 0 Å². The second-order valence-corrected chi connectivity index (χ2v) is 4.98. The van der Waals surface area contributed by atoms with Crippen molar-refractivity contribution in [1.29, 1.82) is 0 Å². The number of hydrogen-bond acceptors (Lipinski definition) is 3. The normalized spacial score (nSPS) is 18.8. The molecule has 0 spiro atoms. The molecule has 2 unspecified atom stereocenters. The summed E-state index contributed by atoms with van der Waals surface area (Å²) in [6.45, 7) is 6.79. The minimum atomic E-state index is -0.506. The van der Waals surface area contributed by atoms with Gasteiger partial charge >= 0.3 is 0 Å². The van der Waals surface area contributed by atoms with Crippen LogP contribution in [0.3, 0.4) is 0 Å². The molecule has 3 heteroatoms. The van der Waals surface area contributed by atoms with Crippen LogP contribution in [-0.4, -0.2) is 28.3 Å². The van der Waals surface area contributed by atoms with Crippen LogP contribution in [0.4, 0.5) is 0 Å². The van der Waals surface area contributed by atoms with Gasteiger partial charge in [-0.25, -0.2) is 0 Å². The quantitative estimate of drug-likeness (QED) is 0.670. The van der Waals surface area contributed by atoms with Gasteiger partial charge in [-0.1, -0.05) is 13.8 Å². The summed E-state index contributed by atoms with van der Waals surface area (Å²) < 4.78 is 0. The summed E-state index contributed by atoms with van der Waals surface area (Å²) in [6, 6.07) is 0. The number of hydrogen-bond donors (Lipinski definition) is 2. The Morgan fingerprint density at radius 1 is 1.58 bits per heavy atom. The minimum Gasteiger partial charge on any atom is -0.389 e. The topological polar surface area (TPSA) is 46.2 Å². The molecule has 0 saturated carbocycles. The van der Waals surface area contributed by atoms with Gasteiger partial charge in [-0.3, -0.25) is 0 Å². The number of rotatable bonds is 6. The van der Waals surface area contributed by atoms with E-state index >= 15 is 0 Å². The lowest BCUT2D eigenvalue weighted by Gasteiger charge is -2.22. The Hall–Kier alpha value is 0.270. The first-order chi connectivity index (χ1) is 5.52. The predicted molar refractivity (Wildman–Crippen MR) is 56.5 cm³/mol. The van der Waals surface area contributed by atoms with Crippen molar-refractivity contribution in [2.24, 2.45) is 5.73 Å². The van der Waals surface area contributed by atoms with Gasteiger partial charge in [-0.15, -0.1) is 0 Å². The van der Waals surface area contributed by atoms with E-state index in [1.54, 1.807) is 11.8 Å². The molecular formula is C9H21NOS. The predicted octanol–water partition coefficient (Wildman–Crippen LogP) is 1.62. The van der Waals surface area contributed by atoms with Crippen LogP contribution >= 0.6 is 11.8 Å². The molecule has 0 aromatic carbocycles. The molecule has 0 fully saturated rings. The van der Waals surface area contributed by atoms with E-state index in [2.05, 4.69) is 6.92 Å². The first-order valence-corrected chi connectivity index (χ1v) is 5.60. The van der Waals surface area contributed by atoms with Gasteiger partial charge in [-0.05, 0) is 26.3 Å². The molecule has 0 saturated heterocycles. The fourth-order valence-corrected chi connectivity index (χ4v) is 1.89. The Balaban J connectivity index is 3.52. The highest BCUT2D eigenvalue weighted by Crippen LogP contribution is 2.21. The molecule has 0 amide bonds. The van der Waals surface area contributed by atoms with E-state index in [0.29, 0.717) is 5.25 Å². The van der Waals surface area contributed by atoms with Crippen molar-refractivity contribution >= 4 is 11.8 Å². The monoisotopic (exact) mass is 191 g/mol. The molecule has 0 aromatic heterocycles. The first kappa shape index (κ1) is 12.3. The van der Waals surface area contributed by atoms with Crippen LogP contribution in [0.25, 0.3) is 0 Å². The number of thioether (sulfide) groups is 1. The summed E-state index contributed by atoms with van der Waals surface area (Å²) in [4.78, 5) is 0. The van der Waals surface area contributed by atoms with E-state index in [9.17, 15) is 5.11 Å². The summed E-state index contributed by atoms with van der Waals surface area (Å²) in [5, 5.41) is 10.3. The lowest BCUT2D eigenvalue weighted by molar-refractivity contribution is 0.0815. The SMILES string of the molecule is CCC(C)(O)CSC(C)CCN. The molecule has 0 aromatic rings. The Morgan fingerprint density at radius 3 is 2.58 bits per heavy atom. The summed E-state index contributed by atoms with van der Waals surface area (Å²) in [5.41, 5.74) is 4.92. The van der Waals surface area contributed by atoms with Gasteiger partial charge in [0, 0.05) is 11.0 Å². The van der Waals surface area contributed by atoms with E-state index < -0.39 is 5.60 Å². The molecule has 2 nitrogen and oxygen atoms in total. The van der Waals surface area contributed by atoms with Gasteiger partial charge in [0.2, 0.25) is 0 Å². The van der Waals surface area contributed by atoms with Crippen LogP contribution in [0.5, 0.6) is 0 Å². The first-order valence-electron chi connectivity index (χ1n) is 4.56. The fourth-order valence-electron chi connectivity index (χ4n) is 0.742. The molecular weight excluding hydrogens is 170 g/mol. The Kier molecular flexibility index (Phi) is 5.97. The summed E-state index contributed by atoms with van der Waals surface area (Å²) in [6.07, 6.45) is 1.85. The smallest absolute Gasteiger partial charge is 0.0707 e. The molecule has 0 rings (SSSR count). The molecule has 0 aliphatic rings. The molecule has 0 heterocycles. The zero-order chi connectivity index (χ0) is 9.61. The molecule has 2 atom stereocenters. The summed E-state index contributed by atoms with van der Waals surface area (Å²) in [5.74, 6) is 0.810. The average molecular weight is 191 g/mol. The van der Waals surface area contributed by atoms with E-state index in [1.807, 2.05) is 13.8 Å². The summed E-state index contributed by atoms with van der Waals surface area (Å²) in [7, 11) is 0. The maximum absolute atomic E-state index is 9.69. The number of aliphatic hydroxyl groups is 1. The Morgan fingerprint density at radius 2 is 2.17 bits per heavy atom. The van der Waals surface area contributed by atoms with Gasteiger partial charge in [0.25, 0.3) is 0 Å². The molecule has 0 aliphatic carbocycles. The second kappa shape index (κ2) is 5.84. The van der Waals surface area contributed by atoms with Gasteiger partial charge < -0.3 is 10.8 Å². The van der Waals surface area contributed by atoms with Crippen LogP contribution in [0.1, 0.15) is 33.6 Å². The van der Waals surface area contributed by atoms with Crippen molar-refractivity contribution in [2.45, 2.75) is 44.5 Å². The van der Waals surface area contributed by atoms with Gasteiger partial charge in [0.1, 0.15) is 0 Å². The maximum atomic E-state index is 9.69. The second-order valence-electron chi connectivity index (χ2n) is 3.55. The van der Waals surface area contributed by atoms with E-state index in [4.69, 9.17) is 5.73 Å². The van der Waals surface area contributed by atoms with E-state index in [0.717, 1.165) is 25.1 Å². The highest BCUT2D eigenvalue weighted by Gasteiger charge is 2.18.